The summed E-state index contributed by atoms with van der Waals surface area (Å²) in [4.78, 5) is 0. The highest BCUT2D eigenvalue weighted by atomic mass is 35.5. The second kappa shape index (κ2) is 7.87. The van der Waals surface area contributed by atoms with E-state index in [1.54, 1.807) is 0 Å². The zero-order chi connectivity index (χ0) is 21.6. The molecular weight excluding hydrogens is 482 g/mol. The third-order valence-corrected chi connectivity index (χ3v) is 6.82. The summed E-state index contributed by atoms with van der Waals surface area (Å²) in [5.74, 6) is -1.24. The highest BCUT2D eigenvalue weighted by Gasteiger charge is 2.54. The largest absolute Gasteiger partial charge is 0.507 e. The van der Waals surface area contributed by atoms with Gasteiger partial charge in [0, 0.05) is 25.7 Å². The average Bonchev–Trinajstić information content (AvgIpc) is 2.58. The fourth-order valence-corrected chi connectivity index (χ4v) is 6.07. The number of benzene rings is 3. The topological polar surface area (TPSA) is 94.8 Å². The van der Waals surface area contributed by atoms with Gasteiger partial charge in [-0.1, -0.05) is 64.6 Å². The normalized spacial score (nSPS) is 13.8. The monoisotopic (exact) mass is 492 g/mol. The molecule has 0 bridgehead atoms. The smallest absolute Gasteiger partial charge is 0.283 e. The van der Waals surface area contributed by atoms with Gasteiger partial charge in [-0.25, -0.2) is 0 Å². The summed E-state index contributed by atoms with van der Waals surface area (Å²) in [7, 11) is -5.20. The van der Waals surface area contributed by atoms with Gasteiger partial charge < -0.3 is 10.2 Å². The van der Waals surface area contributed by atoms with Crippen LogP contribution < -0.4 is 0 Å². The maximum Gasteiger partial charge on any atom is 0.283 e. The average molecular weight is 494 g/mol. The zero-order valence-corrected chi connectivity index (χ0v) is 18.1. The van der Waals surface area contributed by atoms with Gasteiger partial charge in [0.25, 0.3) is 10.1 Å². The molecule has 29 heavy (non-hydrogen) atoms. The van der Waals surface area contributed by atoms with E-state index in [0.717, 1.165) is 12.1 Å². The van der Waals surface area contributed by atoms with Gasteiger partial charge in [-0.05, 0) is 42.0 Å². The molecule has 0 saturated carbocycles. The van der Waals surface area contributed by atoms with Crippen molar-refractivity contribution in [1.82, 2.24) is 0 Å². The van der Waals surface area contributed by atoms with Gasteiger partial charge in [-0.15, -0.1) is 0 Å². The van der Waals surface area contributed by atoms with E-state index in [4.69, 9.17) is 46.4 Å². The van der Waals surface area contributed by atoms with E-state index in [1.165, 1.54) is 42.5 Å². The highest BCUT2D eigenvalue weighted by Crippen LogP contribution is 2.54. The van der Waals surface area contributed by atoms with Crippen molar-refractivity contribution in [3.63, 3.8) is 0 Å². The highest BCUT2D eigenvalue weighted by molar-refractivity contribution is 7.87. The van der Waals surface area contributed by atoms with Crippen molar-refractivity contribution in [3.05, 3.63) is 91.4 Å². The lowest BCUT2D eigenvalue weighted by Gasteiger charge is -2.34. The maximum atomic E-state index is 13.0. The minimum Gasteiger partial charge on any atom is -0.507 e. The molecule has 1 atom stereocenters. The van der Waals surface area contributed by atoms with Gasteiger partial charge >= 0.3 is 0 Å². The van der Waals surface area contributed by atoms with Gasteiger partial charge in [0.1, 0.15) is 11.5 Å². The van der Waals surface area contributed by atoms with Gasteiger partial charge in [-0.2, -0.15) is 8.42 Å². The Hall–Kier alpha value is -1.67. The minimum absolute atomic E-state index is 0.112. The molecule has 10 heteroatoms. The Bertz CT molecular complexity index is 1170. The fourth-order valence-electron chi connectivity index (χ4n) is 3.30. The molecule has 0 spiro atoms. The first-order valence-corrected chi connectivity index (χ1v) is 10.8. The molecule has 0 saturated heterocycles. The predicted molar refractivity (Wildman–Crippen MR) is 114 cm³/mol. The Morgan fingerprint density at radius 3 is 1.72 bits per heavy atom. The molecule has 3 aromatic rings. The van der Waals surface area contributed by atoms with Crippen molar-refractivity contribution < 1.29 is 23.2 Å². The van der Waals surface area contributed by atoms with Crippen LogP contribution >= 0.6 is 46.4 Å². The van der Waals surface area contributed by atoms with Crippen molar-refractivity contribution in [2.24, 2.45) is 0 Å². The van der Waals surface area contributed by atoms with Crippen molar-refractivity contribution in [3.8, 4) is 11.5 Å². The third kappa shape index (κ3) is 3.65. The van der Waals surface area contributed by atoms with Crippen LogP contribution in [0.5, 0.6) is 11.5 Å². The molecule has 152 valence electrons. The summed E-state index contributed by atoms with van der Waals surface area (Å²) >= 11 is 24.7. The summed E-state index contributed by atoms with van der Waals surface area (Å²) in [5.41, 5.74) is -0.974. The maximum absolute atomic E-state index is 13.0. The minimum atomic E-state index is -5.20. The molecule has 0 aliphatic heterocycles. The number of rotatable bonds is 4. The Kier molecular flexibility index (Phi) is 5.98. The van der Waals surface area contributed by atoms with Crippen LogP contribution in [-0.2, 0) is 14.9 Å². The lowest BCUT2D eigenvalue weighted by molar-refractivity contribution is 0.416. The first-order chi connectivity index (χ1) is 13.5. The summed E-state index contributed by atoms with van der Waals surface area (Å²) in [6.07, 6.45) is 0. The van der Waals surface area contributed by atoms with Gasteiger partial charge in [-0.3, -0.25) is 4.55 Å². The van der Waals surface area contributed by atoms with E-state index in [0.29, 0.717) is 0 Å². The second-order valence-corrected chi connectivity index (χ2v) is 9.33. The SMILES string of the molecule is O=S(=O)(O)C(c1cccc(Cl)c1)(c1c(O)cccc1O)c1c(Cl)cc(Cl)cc1Cl. The van der Waals surface area contributed by atoms with E-state index in [9.17, 15) is 23.2 Å². The number of aromatic hydroxyl groups is 2. The van der Waals surface area contributed by atoms with Crippen LogP contribution in [0.4, 0.5) is 0 Å². The van der Waals surface area contributed by atoms with Gasteiger partial charge in [0.05, 0.1) is 5.56 Å². The van der Waals surface area contributed by atoms with Crippen LogP contribution in [0.15, 0.2) is 54.6 Å². The molecule has 0 radical (unpaired) electrons. The Labute approximate surface area is 186 Å². The first kappa shape index (κ1) is 22.0. The number of phenolic OH excluding ortho intramolecular Hbond substituents is 2. The second-order valence-electron chi connectivity index (χ2n) is 6.08. The summed E-state index contributed by atoms with van der Waals surface area (Å²) in [6.45, 7) is 0. The summed E-state index contributed by atoms with van der Waals surface area (Å²) in [5, 5.41) is 20.9. The van der Waals surface area contributed by atoms with Crippen LogP contribution in [0.25, 0.3) is 0 Å². The lowest BCUT2D eigenvalue weighted by atomic mass is 9.82. The molecule has 0 aromatic heterocycles. The Balaban J connectivity index is 2.68. The van der Waals surface area contributed by atoms with E-state index in [2.05, 4.69) is 0 Å². The lowest BCUT2D eigenvalue weighted by Crippen LogP contribution is -2.39. The van der Waals surface area contributed by atoms with Crippen LogP contribution in [0.1, 0.15) is 16.7 Å². The van der Waals surface area contributed by atoms with Crippen molar-refractivity contribution >= 4 is 56.5 Å². The Morgan fingerprint density at radius 2 is 1.24 bits per heavy atom. The molecular formula is C19H12Cl4O5S. The molecule has 5 nitrogen and oxygen atoms in total. The number of hydrogen-bond donors (Lipinski definition) is 3. The Morgan fingerprint density at radius 1 is 0.724 bits per heavy atom. The molecule has 1 unspecified atom stereocenters. The number of hydrogen-bond acceptors (Lipinski definition) is 4. The molecule has 0 aliphatic carbocycles. The predicted octanol–water partition coefficient (Wildman–Crippen LogP) is 5.89. The number of halogens is 4. The van der Waals surface area contributed by atoms with Crippen LogP contribution in [0.2, 0.25) is 20.1 Å². The quantitative estimate of drug-likeness (QED) is 0.311. The first-order valence-electron chi connectivity index (χ1n) is 7.89. The molecule has 0 aliphatic rings. The molecule has 0 heterocycles. The van der Waals surface area contributed by atoms with E-state index in [-0.39, 0.29) is 31.2 Å². The van der Waals surface area contributed by atoms with Crippen LogP contribution in [0, 0.1) is 0 Å². The zero-order valence-electron chi connectivity index (χ0n) is 14.3. The standard InChI is InChI=1S/C19H12Cl4O5S/c20-11-4-1-3-10(7-11)19(29(26,27)28,18-15(24)5-2-6-16(18)25)17-13(22)8-12(21)9-14(17)23/h1-9,24-25H,(H,26,27,28). The summed E-state index contributed by atoms with van der Waals surface area (Å²) in [6, 6.07) is 11.6. The van der Waals surface area contributed by atoms with Gasteiger partial charge in [0.2, 0.25) is 0 Å². The third-order valence-electron chi connectivity index (χ3n) is 4.35. The van der Waals surface area contributed by atoms with Crippen molar-refractivity contribution in [2.45, 2.75) is 4.75 Å². The van der Waals surface area contributed by atoms with E-state index < -0.39 is 31.9 Å². The van der Waals surface area contributed by atoms with Crippen molar-refractivity contribution in [2.75, 3.05) is 0 Å². The van der Waals surface area contributed by atoms with Gasteiger partial charge in [0.15, 0.2) is 4.75 Å². The molecule has 0 fully saturated rings. The van der Waals surface area contributed by atoms with E-state index >= 15 is 0 Å². The molecule has 3 rings (SSSR count). The molecule has 0 amide bonds. The molecule has 3 aromatic carbocycles. The summed E-state index contributed by atoms with van der Waals surface area (Å²) < 4.78 is 33.9. The van der Waals surface area contributed by atoms with Crippen LogP contribution in [-0.4, -0.2) is 23.2 Å². The van der Waals surface area contributed by atoms with Crippen LogP contribution in [0.3, 0.4) is 0 Å². The number of phenols is 2. The fraction of sp³-hybridized carbons (Fsp3) is 0.0526. The molecule has 3 N–H and O–H groups in total. The van der Waals surface area contributed by atoms with E-state index in [1.807, 2.05) is 0 Å². The van der Waals surface area contributed by atoms with Crippen molar-refractivity contribution in [1.29, 1.82) is 0 Å².